The van der Waals surface area contributed by atoms with E-state index in [2.05, 4.69) is 0 Å². The second kappa shape index (κ2) is 4.94. The van der Waals surface area contributed by atoms with Gasteiger partial charge in [0, 0.05) is 12.6 Å². The van der Waals surface area contributed by atoms with Gasteiger partial charge in [0.05, 0.1) is 0 Å². The van der Waals surface area contributed by atoms with Crippen molar-refractivity contribution in [2.75, 3.05) is 6.61 Å². The molecule has 1 aliphatic carbocycles. The van der Waals surface area contributed by atoms with Crippen LogP contribution in [0.15, 0.2) is 0 Å². The minimum Gasteiger partial charge on any atom is -0.396 e. The van der Waals surface area contributed by atoms with Crippen molar-refractivity contribution in [3.8, 4) is 0 Å². The molecule has 1 fully saturated rings. The number of hydrogen-bond acceptors (Lipinski definition) is 2. The molecule has 3 N–H and O–H groups in total. The van der Waals surface area contributed by atoms with Crippen LogP contribution in [0, 0.1) is 5.92 Å². The lowest BCUT2D eigenvalue weighted by Crippen LogP contribution is -2.14. The molecule has 1 saturated carbocycles. The van der Waals surface area contributed by atoms with Crippen molar-refractivity contribution in [1.82, 2.24) is 0 Å². The predicted molar refractivity (Wildman–Crippen MR) is 44.3 cm³/mol. The van der Waals surface area contributed by atoms with Crippen LogP contribution in [-0.4, -0.2) is 17.8 Å². The standard InChI is InChI=1S/C7H15NO.ClH/c8-7-2-1-6(5-7)3-4-9;/h6-7,9H,1-5,8H2;1H/t6-,7-;/m1./s1. The maximum atomic E-state index is 8.57. The molecule has 0 heterocycles. The molecule has 0 bridgehead atoms. The normalized spacial score (nSPS) is 31.8. The zero-order valence-corrected chi connectivity index (χ0v) is 6.94. The van der Waals surface area contributed by atoms with Crippen LogP contribution in [0.5, 0.6) is 0 Å². The highest BCUT2D eigenvalue weighted by Gasteiger charge is 2.20. The van der Waals surface area contributed by atoms with E-state index >= 15 is 0 Å². The molecule has 2 nitrogen and oxygen atoms in total. The zero-order valence-electron chi connectivity index (χ0n) is 6.12. The van der Waals surface area contributed by atoms with Crippen molar-refractivity contribution in [2.24, 2.45) is 11.7 Å². The highest BCUT2D eigenvalue weighted by atomic mass is 35.5. The van der Waals surface area contributed by atoms with Gasteiger partial charge in [0.15, 0.2) is 0 Å². The molecule has 3 heteroatoms. The Balaban J connectivity index is 0.000000810. The lowest BCUT2D eigenvalue weighted by Gasteiger charge is -2.04. The van der Waals surface area contributed by atoms with Gasteiger partial charge in [-0.05, 0) is 31.6 Å². The van der Waals surface area contributed by atoms with Gasteiger partial charge in [0.2, 0.25) is 0 Å². The molecular weight excluding hydrogens is 150 g/mol. The van der Waals surface area contributed by atoms with E-state index in [9.17, 15) is 0 Å². The SMILES string of the molecule is Cl.N[C@@H]1CC[C@H](CCO)C1. The van der Waals surface area contributed by atoms with Gasteiger partial charge in [-0.1, -0.05) is 0 Å². The quantitative estimate of drug-likeness (QED) is 0.639. The summed E-state index contributed by atoms with van der Waals surface area (Å²) >= 11 is 0. The molecule has 62 valence electrons. The van der Waals surface area contributed by atoms with Gasteiger partial charge >= 0.3 is 0 Å². The number of halogens is 1. The molecular formula is C7H16ClNO. The average molecular weight is 166 g/mol. The Bertz CT molecular complexity index is 87.7. The molecule has 2 atom stereocenters. The van der Waals surface area contributed by atoms with Crippen LogP contribution >= 0.6 is 12.4 Å². The Hall–Kier alpha value is 0.210. The summed E-state index contributed by atoms with van der Waals surface area (Å²) in [5.41, 5.74) is 5.67. The van der Waals surface area contributed by atoms with Gasteiger partial charge in [0.25, 0.3) is 0 Å². The first-order valence-electron chi connectivity index (χ1n) is 3.69. The van der Waals surface area contributed by atoms with Crippen LogP contribution in [0.2, 0.25) is 0 Å². The van der Waals surface area contributed by atoms with Crippen LogP contribution < -0.4 is 5.73 Å². The molecule has 0 radical (unpaired) electrons. The summed E-state index contributed by atoms with van der Waals surface area (Å²) in [6, 6.07) is 0.418. The van der Waals surface area contributed by atoms with E-state index in [0.717, 1.165) is 19.3 Å². The Morgan fingerprint density at radius 1 is 1.40 bits per heavy atom. The van der Waals surface area contributed by atoms with Crippen molar-refractivity contribution in [3.63, 3.8) is 0 Å². The number of aliphatic hydroxyl groups excluding tert-OH is 1. The molecule has 0 saturated heterocycles. The lowest BCUT2D eigenvalue weighted by molar-refractivity contribution is 0.258. The van der Waals surface area contributed by atoms with E-state index in [1.54, 1.807) is 0 Å². The molecule has 0 unspecified atom stereocenters. The number of nitrogens with two attached hydrogens (primary N) is 1. The van der Waals surface area contributed by atoms with Crippen LogP contribution in [0.1, 0.15) is 25.7 Å². The molecule has 0 spiro atoms. The fourth-order valence-corrected chi connectivity index (χ4v) is 1.56. The summed E-state index contributed by atoms with van der Waals surface area (Å²) in [4.78, 5) is 0. The summed E-state index contributed by atoms with van der Waals surface area (Å²) in [6.07, 6.45) is 4.46. The molecule has 0 aromatic heterocycles. The third-order valence-corrected chi connectivity index (χ3v) is 2.12. The maximum absolute atomic E-state index is 8.57. The predicted octanol–water partition coefficient (Wildman–Crippen LogP) is 0.918. The van der Waals surface area contributed by atoms with E-state index in [0.29, 0.717) is 18.6 Å². The minimum atomic E-state index is 0. The van der Waals surface area contributed by atoms with Crippen molar-refractivity contribution in [3.05, 3.63) is 0 Å². The largest absolute Gasteiger partial charge is 0.396 e. The third kappa shape index (κ3) is 2.86. The monoisotopic (exact) mass is 165 g/mol. The highest BCUT2D eigenvalue weighted by molar-refractivity contribution is 5.85. The summed E-state index contributed by atoms with van der Waals surface area (Å²) in [6.45, 7) is 0.331. The second-order valence-electron chi connectivity index (χ2n) is 2.95. The molecule has 10 heavy (non-hydrogen) atoms. The molecule has 1 rings (SSSR count). The van der Waals surface area contributed by atoms with Crippen LogP contribution in [-0.2, 0) is 0 Å². The van der Waals surface area contributed by atoms with Crippen molar-refractivity contribution in [2.45, 2.75) is 31.7 Å². The Morgan fingerprint density at radius 3 is 2.50 bits per heavy atom. The maximum Gasteiger partial charge on any atom is 0.0433 e. The molecule has 0 aromatic carbocycles. The Labute approximate surface area is 68.2 Å². The van der Waals surface area contributed by atoms with Crippen molar-refractivity contribution >= 4 is 12.4 Å². The number of hydrogen-bond donors (Lipinski definition) is 2. The van der Waals surface area contributed by atoms with Crippen LogP contribution in [0.4, 0.5) is 0 Å². The number of aliphatic hydroxyl groups is 1. The zero-order chi connectivity index (χ0) is 6.69. The molecule has 1 aliphatic rings. The topological polar surface area (TPSA) is 46.2 Å². The van der Waals surface area contributed by atoms with E-state index in [1.807, 2.05) is 0 Å². The fraction of sp³-hybridized carbons (Fsp3) is 1.00. The van der Waals surface area contributed by atoms with Gasteiger partial charge in [0.1, 0.15) is 0 Å². The summed E-state index contributed by atoms with van der Waals surface area (Å²) < 4.78 is 0. The highest BCUT2D eigenvalue weighted by Crippen LogP contribution is 2.26. The number of rotatable bonds is 2. The van der Waals surface area contributed by atoms with Gasteiger partial charge < -0.3 is 10.8 Å². The molecule has 0 aliphatic heterocycles. The van der Waals surface area contributed by atoms with Crippen LogP contribution in [0.3, 0.4) is 0 Å². The van der Waals surface area contributed by atoms with Crippen molar-refractivity contribution in [1.29, 1.82) is 0 Å². The van der Waals surface area contributed by atoms with Gasteiger partial charge in [-0.2, -0.15) is 0 Å². The second-order valence-corrected chi connectivity index (χ2v) is 2.95. The minimum absolute atomic E-state index is 0. The van der Waals surface area contributed by atoms with Crippen LogP contribution in [0.25, 0.3) is 0 Å². The summed E-state index contributed by atoms with van der Waals surface area (Å²) in [5, 5.41) is 8.57. The van der Waals surface area contributed by atoms with Crippen molar-refractivity contribution < 1.29 is 5.11 Å². The fourth-order valence-electron chi connectivity index (χ4n) is 1.56. The molecule has 0 amide bonds. The van der Waals surface area contributed by atoms with Gasteiger partial charge in [-0.25, -0.2) is 0 Å². The van der Waals surface area contributed by atoms with Gasteiger partial charge in [-0.15, -0.1) is 12.4 Å². The first-order chi connectivity index (χ1) is 4.33. The molecule has 0 aromatic rings. The van der Waals surface area contributed by atoms with E-state index in [1.165, 1.54) is 6.42 Å². The first kappa shape index (κ1) is 10.2. The van der Waals surface area contributed by atoms with E-state index in [-0.39, 0.29) is 12.4 Å². The summed E-state index contributed by atoms with van der Waals surface area (Å²) in [5.74, 6) is 0.713. The summed E-state index contributed by atoms with van der Waals surface area (Å²) in [7, 11) is 0. The lowest BCUT2D eigenvalue weighted by atomic mass is 10.1. The Kier molecular flexibility index (Phi) is 5.04. The average Bonchev–Trinajstić information content (AvgIpc) is 2.17. The van der Waals surface area contributed by atoms with Gasteiger partial charge in [-0.3, -0.25) is 0 Å². The first-order valence-corrected chi connectivity index (χ1v) is 3.69. The third-order valence-electron chi connectivity index (χ3n) is 2.12. The van der Waals surface area contributed by atoms with E-state index in [4.69, 9.17) is 10.8 Å². The Morgan fingerprint density at radius 2 is 2.10 bits per heavy atom. The van der Waals surface area contributed by atoms with E-state index < -0.39 is 0 Å². The smallest absolute Gasteiger partial charge is 0.0433 e.